The van der Waals surface area contributed by atoms with E-state index in [0.717, 1.165) is 38.0 Å². The lowest BCUT2D eigenvalue weighted by Crippen LogP contribution is -2.45. The quantitative estimate of drug-likeness (QED) is 0.865. The molecule has 3 aliphatic heterocycles. The number of fused-ring (bicyclic) bond motifs is 4. The minimum Gasteiger partial charge on any atom is -0.482 e. The van der Waals surface area contributed by atoms with Crippen molar-refractivity contribution in [3.63, 3.8) is 0 Å². The van der Waals surface area contributed by atoms with E-state index in [1.165, 1.54) is 0 Å². The maximum Gasteiger partial charge on any atom is 0.341 e. The number of carboxylic acids is 1. The number of hydrogen-bond acceptors (Lipinski definition) is 4. The summed E-state index contributed by atoms with van der Waals surface area (Å²) in [5.41, 5.74) is 0.992. The molecule has 142 valence electrons. The van der Waals surface area contributed by atoms with Gasteiger partial charge in [0.15, 0.2) is 6.61 Å². The molecule has 26 heavy (non-hydrogen) atoms. The van der Waals surface area contributed by atoms with Gasteiger partial charge in [-0.25, -0.2) is 9.59 Å². The van der Waals surface area contributed by atoms with Crippen LogP contribution in [0.1, 0.15) is 18.4 Å². The van der Waals surface area contributed by atoms with Crippen LogP contribution in [0.4, 0.5) is 4.79 Å². The molecular formula is C19H27N3O4. The number of benzene rings is 1. The van der Waals surface area contributed by atoms with E-state index < -0.39 is 5.97 Å². The van der Waals surface area contributed by atoms with Gasteiger partial charge >= 0.3 is 12.0 Å². The molecule has 1 aromatic rings. The Labute approximate surface area is 154 Å². The molecule has 1 aromatic carbocycles. The van der Waals surface area contributed by atoms with Gasteiger partial charge in [-0.2, -0.15) is 0 Å². The monoisotopic (exact) mass is 361 g/mol. The zero-order chi connectivity index (χ0) is 18.7. The van der Waals surface area contributed by atoms with Crippen LogP contribution in [0.5, 0.6) is 5.75 Å². The second kappa shape index (κ2) is 7.95. The molecule has 0 spiro atoms. The zero-order valence-corrected chi connectivity index (χ0v) is 15.4. The highest BCUT2D eigenvalue weighted by molar-refractivity contribution is 5.74. The van der Waals surface area contributed by atoms with Crippen LogP contribution < -0.4 is 4.74 Å². The summed E-state index contributed by atoms with van der Waals surface area (Å²) in [6.07, 6.45) is 2.23. The van der Waals surface area contributed by atoms with Gasteiger partial charge in [-0.05, 0) is 24.8 Å². The van der Waals surface area contributed by atoms with E-state index in [0.29, 0.717) is 24.3 Å². The number of amides is 2. The van der Waals surface area contributed by atoms with Crippen molar-refractivity contribution in [3.05, 3.63) is 29.8 Å². The summed E-state index contributed by atoms with van der Waals surface area (Å²) in [6, 6.07) is 8.00. The first kappa shape index (κ1) is 18.5. The Bertz CT molecular complexity index is 664. The van der Waals surface area contributed by atoms with Crippen LogP contribution >= 0.6 is 0 Å². The maximum absolute atomic E-state index is 12.4. The first-order valence-electron chi connectivity index (χ1n) is 9.07. The molecule has 3 fully saturated rings. The van der Waals surface area contributed by atoms with Gasteiger partial charge in [0, 0.05) is 51.9 Å². The van der Waals surface area contributed by atoms with Crippen molar-refractivity contribution in [2.75, 3.05) is 40.3 Å². The number of carbonyl (C=O) groups is 2. The Morgan fingerprint density at radius 1 is 1.19 bits per heavy atom. The minimum absolute atomic E-state index is 0.0777. The lowest BCUT2D eigenvalue weighted by Gasteiger charge is -2.36. The normalized spacial score (nSPS) is 22.8. The van der Waals surface area contributed by atoms with Crippen molar-refractivity contribution in [2.45, 2.75) is 25.4 Å². The van der Waals surface area contributed by atoms with Crippen molar-refractivity contribution < 1.29 is 19.4 Å². The number of nitrogens with zero attached hydrogens (tertiary/aromatic N) is 3. The van der Waals surface area contributed by atoms with Crippen LogP contribution in [-0.4, -0.2) is 78.2 Å². The standard InChI is InChI=1S/C19H27N3O4/c1-20(2)19(25)22-10-14-7-8-16(12-22)21(9-14)11-15-5-3-4-6-17(15)26-13-18(23)24/h3-6,14,16H,7-13H2,1-2H3,(H,23,24)/t14-,16-/m0/s1. The molecule has 0 aromatic heterocycles. The first-order chi connectivity index (χ1) is 12.4. The maximum atomic E-state index is 12.4. The van der Waals surface area contributed by atoms with E-state index in [9.17, 15) is 9.59 Å². The third-order valence-electron chi connectivity index (χ3n) is 5.18. The van der Waals surface area contributed by atoms with E-state index in [4.69, 9.17) is 9.84 Å². The second-order valence-corrected chi connectivity index (χ2v) is 7.40. The molecule has 0 aliphatic carbocycles. The van der Waals surface area contributed by atoms with Crippen LogP contribution in [0.3, 0.4) is 0 Å². The van der Waals surface area contributed by atoms with Crippen LogP contribution in [0.25, 0.3) is 0 Å². The molecule has 4 rings (SSSR count). The SMILES string of the molecule is CN(C)C(=O)N1C[C@H]2CC[C@@H](C1)N(Cc1ccccc1OCC(=O)O)C2. The van der Waals surface area contributed by atoms with E-state index in [2.05, 4.69) is 4.90 Å². The van der Waals surface area contributed by atoms with Gasteiger partial charge in [0.1, 0.15) is 5.75 Å². The number of para-hydroxylation sites is 1. The van der Waals surface area contributed by atoms with Crippen LogP contribution in [0, 0.1) is 5.92 Å². The topological polar surface area (TPSA) is 73.3 Å². The van der Waals surface area contributed by atoms with Gasteiger partial charge < -0.3 is 19.6 Å². The molecule has 7 nitrogen and oxygen atoms in total. The number of urea groups is 1. The van der Waals surface area contributed by atoms with Crippen molar-refractivity contribution in [1.82, 2.24) is 14.7 Å². The summed E-state index contributed by atoms with van der Waals surface area (Å²) in [6.45, 7) is 2.87. The average Bonchev–Trinajstić information content (AvgIpc) is 2.92. The summed E-state index contributed by atoms with van der Waals surface area (Å²) >= 11 is 0. The summed E-state index contributed by atoms with van der Waals surface area (Å²) in [4.78, 5) is 29.2. The van der Waals surface area contributed by atoms with Gasteiger partial charge in [0.2, 0.25) is 0 Å². The fourth-order valence-corrected chi connectivity index (χ4v) is 3.95. The summed E-state index contributed by atoms with van der Waals surface area (Å²) in [7, 11) is 3.59. The molecular weight excluding hydrogens is 334 g/mol. The minimum atomic E-state index is -0.980. The van der Waals surface area contributed by atoms with Gasteiger partial charge in [-0.1, -0.05) is 18.2 Å². The Morgan fingerprint density at radius 3 is 2.69 bits per heavy atom. The molecule has 0 saturated carbocycles. The van der Waals surface area contributed by atoms with Gasteiger partial charge in [-0.15, -0.1) is 0 Å². The molecule has 2 bridgehead atoms. The molecule has 0 radical (unpaired) electrons. The van der Waals surface area contributed by atoms with Crippen molar-refractivity contribution in [2.24, 2.45) is 5.92 Å². The van der Waals surface area contributed by atoms with Gasteiger partial charge in [-0.3, -0.25) is 4.90 Å². The molecule has 3 aliphatic rings. The summed E-state index contributed by atoms with van der Waals surface area (Å²) in [5, 5.41) is 8.86. The third kappa shape index (κ3) is 4.27. The first-order valence-corrected chi connectivity index (χ1v) is 9.07. The fourth-order valence-electron chi connectivity index (χ4n) is 3.95. The molecule has 2 atom stereocenters. The van der Waals surface area contributed by atoms with E-state index in [-0.39, 0.29) is 12.6 Å². The molecule has 3 heterocycles. The van der Waals surface area contributed by atoms with Gasteiger partial charge in [0.05, 0.1) is 0 Å². The highest BCUT2D eigenvalue weighted by Gasteiger charge is 2.37. The number of aliphatic carboxylic acids is 1. The van der Waals surface area contributed by atoms with E-state index in [1.54, 1.807) is 19.0 Å². The van der Waals surface area contributed by atoms with Crippen LogP contribution in [0.15, 0.2) is 24.3 Å². The van der Waals surface area contributed by atoms with Crippen molar-refractivity contribution >= 4 is 12.0 Å². The molecule has 0 unspecified atom stereocenters. The van der Waals surface area contributed by atoms with Crippen LogP contribution in [-0.2, 0) is 11.3 Å². The smallest absolute Gasteiger partial charge is 0.341 e. The van der Waals surface area contributed by atoms with Crippen molar-refractivity contribution in [1.29, 1.82) is 0 Å². The van der Waals surface area contributed by atoms with E-state index in [1.807, 2.05) is 29.2 Å². The number of carbonyl (C=O) groups excluding carboxylic acids is 1. The Kier molecular flexibility index (Phi) is 5.66. The molecule has 1 N–H and O–H groups in total. The molecule has 7 heteroatoms. The number of carboxylic acid groups (broad SMARTS) is 1. The Hall–Kier alpha value is -2.28. The predicted molar refractivity (Wildman–Crippen MR) is 97.2 cm³/mol. The van der Waals surface area contributed by atoms with Crippen LogP contribution in [0.2, 0.25) is 0 Å². The number of rotatable bonds is 5. The Balaban J connectivity index is 1.71. The lowest BCUT2D eigenvalue weighted by atomic mass is 9.94. The lowest BCUT2D eigenvalue weighted by molar-refractivity contribution is -0.139. The number of hydrogen-bond donors (Lipinski definition) is 1. The second-order valence-electron chi connectivity index (χ2n) is 7.40. The average molecular weight is 361 g/mol. The largest absolute Gasteiger partial charge is 0.482 e. The summed E-state index contributed by atoms with van der Waals surface area (Å²) in [5.74, 6) is 0.118. The highest BCUT2D eigenvalue weighted by Crippen LogP contribution is 2.31. The van der Waals surface area contributed by atoms with E-state index >= 15 is 0 Å². The number of ether oxygens (including phenoxy) is 1. The van der Waals surface area contributed by atoms with Crippen molar-refractivity contribution in [3.8, 4) is 5.75 Å². The Morgan fingerprint density at radius 2 is 1.96 bits per heavy atom. The molecule has 2 amide bonds. The number of piperidine rings is 1. The molecule has 3 saturated heterocycles. The van der Waals surface area contributed by atoms with Gasteiger partial charge in [0.25, 0.3) is 0 Å². The zero-order valence-electron chi connectivity index (χ0n) is 15.4. The fraction of sp³-hybridized carbons (Fsp3) is 0.579. The summed E-state index contributed by atoms with van der Waals surface area (Å²) < 4.78 is 5.44. The third-order valence-corrected chi connectivity index (χ3v) is 5.18. The highest BCUT2D eigenvalue weighted by atomic mass is 16.5. The predicted octanol–water partition coefficient (Wildman–Crippen LogP) is 1.73.